The second kappa shape index (κ2) is 10.2. The van der Waals surface area contributed by atoms with Crippen molar-refractivity contribution in [2.24, 2.45) is 5.92 Å². The van der Waals surface area contributed by atoms with Crippen LogP contribution in [0.4, 0.5) is 5.69 Å². The van der Waals surface area contributed by atoms with Gasteiger partial charge in [0.15, 0.2) is 0 Å². The van der Waals surface area contributed by atoms with Gasteiger partial charge >= 0.3 is 0 Å². The maximum absolute atomic E-state index is 13.7. The van der Waals surface area contributed by atoms with E-state index >= 15 is 0 Å². The van der Waals surface area contributed by atoms with Gasteiger partial charge in [0, 0.05) is 30.4 Å². The quantitative estimate of drug-likeness (QED) is 0.486. The number of anilines is 1. The summed E-state index contributed by atoms with van der Waals surface area (Å²) in [6.07, 6.45) is 2.79. The Morgan fingerprint density at radius 2 is 1.79 bits per heavy atom. The first-order valence-electron chi connectivity index (χ1n) is 12.0. The Hall–Kier alpha value is -3.15. The molecule has 33 heavy (non-hydrogen) atoms. The van der Waals surface area contributed by atoms with Crippen LogP contribution < -0.4 is 4.90 Å². The number of nitrogens with zero attached hydrogens (tertiary/aromatic N) is 4. The Labute approximate surface area is 196 Å². The zero-order chi connectivity index (χ0) is 23.4. The molecule has 0 saturated carbocycles. The predicted molar refractivity (Wildman–Crippen MR) is 131 cm³/mol. The van der Waals surface area contributed by atoms with E-state index < -0.39 is 0 Å². The van der Waals surface area contributed by atoms with Crippen molar-refractivity contribution in [3.63, 3.8) is 0 Å². The fraction of sp³-hybridized carbons (Fsp3) is 0.444. The lowest BCUT2D eigenvalue weighted by Crippen LogP contribution is -2.47. The van der Waals surface area contributed by atoms with Gasteiger partial charge in [-0.2, -0.15) is 4.98 Å². The largest absolute Gasteiger partial charge is 0.371 e. The van der Waals surface area contributed by atoms with E-state index in [-0.39, 0.29) is 17.9 Å². The molecule has 3 aromatic rings. The second-order valence-electron chi connectivity index (χ2n) is 9.22. The molecular weight excluding hydrogens is 412 g/mol. The summed E-state index contributed by atoms with van der Waals surface area (Å²) >= 11 is 0. The molecule has 0 spiro atoms. The molecule has 6 nitrogen and oxygen atoms in total. The maximum Gasteiger partial charge on any atom is 0.246 e. The number of hydrogen-bond acceptors (Lipinski definition) is 5. The molecular formula is C27H34N4O2. The number of rotatable bonds is 7. The molecule has 2 atom stereocenters. The smallest absolute Gasteiger partial charge is 0.246 e. The highest BCUT2D eigenvalue weighted by Crippen LogP contribution is 2.27. The summed E-state index contributed by atoms with van der Waals surface area (Å²) in [5.41, 5.74) is 4.53. The zero-order valence-corrected chi connectivity index (χ0v) is 20.1. The SMILES string of the molecule is CCC(C)N(Cc1nc(-c2ccc(C)cc2)no1)C(=O)C1CCCN(c2ccc(C)cc2)C1. The minimum absolute atomic E-state index is 0.0338. The molecule has 2 unspecified atom stereocenters. The van der Waals surface area contributed by atoms with Crippen LogP contribution in [0.1, 0.15) is 50.1 Å². The lowest BCUT2D eigenvalue weighted by atomic mass is 9.95. The summed E-state index contributed by atoms with van der Waals surface area (Å²) < 4.78 is 5.55. The van der Waals surface area contributed by atoms with Crippen LogP contribution in [0.3, 0.4) is 0 Å². The number of aryl methyl sites for hydroxylation is 2. The molecule has 1 aliphatic rings. The standard InChI is InChI=1S/C27H34N4O2/c1-5-21(4)31(18-25-28-26(29-33-25)22-12-8-19(2)9-13-22)27(32)23-7-6-16-30(17-23)24-14-10-20(3)11-15-24/h8-15,21,23H,5-7,16-18H2,1-4H3. The number of amides is 1. The van der Waals surface area contributed by atoms with Crippen LogP contribution >= 0.6 is 0 Å². The molecule has 1 saturated heterocycles. The predicted octanol–water partition coefficient (Wildman–Crippen LogP) is 5.40. The third-order valence-corrected chi connectivity index (χ3v) is 6.66. The van der Waals surface area contributed by atoms with Crippen molar-refractivity contribution in [2.75, 3.05) is 18.0 Å². The third-order valence-electron chi connectivity index (χ3n) is 6.66. The van der Waals surface area contributed by atoms with Crippen LogP contribution in [0.15, 0.2) is 53.1 Å². The van der Waals surface area contributed by atoms with Crippen LogP contribution in [0.5, 0.6) is 0 Å². The first-order chi connectivity index (χ1) is 15.9. The Morgan fingerprint density at radius 3 is 2.45 bits per heavy atom. The Kier molecular flexibility index (Phi) is 7.11. The molecule has 0 aliphatic carbocycles. The van der Waals surface area contributed by atoms with Gasteiger partial charge in [-0.3, -0.25) is 4.79 Å². The molecule has 174 valence electrons. The first-order valence-corrected chi connectivity index (χ1v) is 12.0. The molecule has 6 heteroatoms. The number of aromatic nitrogens is 2. The number of hydrogen-bond donors (Lipinski definition) is 0. The fourth-order valence-electron chi connectivity index (χ4n) is 4.36. The Morgan fingerprint density at radius 1 is 1.12 bits per heavy atom. The molecule has 2 aromatic carbocycles. The van der Waals surface area contributed by atoms with Gasteiger partial charge in [0.1, 0.15) is 6.54 Å². The highest BCUT2D eigenvalue weighted by Gasteiger charge is 2.32. The van der Waals surface area contributed by atoms with Gasteiger partial charge in [-0.15, -0.1) is 0 Å². The summed E-state index contributed by atoms with van der Waals surface area (Å²) in [7, 11) is 0. The van der Waals surface area contributed by atoms with Gasteiger partial charge in [-0.05, 0) is 52.2 Å². The lowest BCUT2D eigenvalue weighted by Gasteiger charge is -2.37. The van der Waals surface area contributed by atoms with E-state index in [2.05, 4.69) is 60.1 Å². The number of carbonyl (C=O) groups is 1. The summed E-state index contributed by atoms with van der Waals surface area (Å²) in [5.74, 6) is 1.18. The molecule has 0 bridgehead atoms. The van der Waals surface area contributed by atoms with Crippen LogP contribution in [0, 0.1) is 19.8 Å². The molecule has 4 rings (SSSR count). The minimum Gasteiger partial charge on any atom is -0.371 e. The third kappa shape index (κ3) is 5.44. The summed E-state index contributed by atoms with van der Waals surface area (Å²) in [4.78, 5) is 22.5. The Bertz CT molecular complexity index is 1060. The van der Waals surface area contributed by atoms with Crippen molar-refractivity contribution < 1.29 is 9.32 Å². The summed E-state index contributed by atoms with van der Waals surface area (Å²) in [6, 6.07) is 16.7. The first kappa shape index (κ1) is 23.0. The van der Waals surface area contributed by atoms with E-state index in [9.17, 15) is 4.79 Å². The van der Waals surface area contributed by atoms with E-state index in [1.807, 2.05) is 36.1 Å². The van der Waals surface area contributed by atoms with E-state index in [0.29, 0.717) is 18.3 Å². The van der Waals surface area contributed by atoms with E-state index in [0.717, 1.165) is 37.9 Å². The minimum atomic E-state index is -0.0338. The molecule has 2 heterocycles. The maximum atomic E-state index is 13.7. The highest BCUT2D eigenvalue weighted by atomic mass is 16.5. The molecule has 0 radical (unpaired) electrons. The normalized spacial score (nSPS) is 17.1. The zero-order valence-electron chi connectivity index (χ0n) is 20.1. The van der Waals surface area contributed by atoms with Gasteiger partial charge in [0.25, 0.3) is 0 Å². The van der Waals surface area contributed by atoms with Gasteiger partial charge in [0.05, 0.1) is 5.92 Å². The van der Waals surface area contributed by atoms with Crippen molar-refractivity contribution in [3.8, 4) is 11.4 Å². The molecule has 0 N–H and O–H groups in total. The van der Waals surface area contributed by atoms with Crippen molar-refractivity contribution in [1.29, 1.82) is 0 Å². The fourth-order valence-corrected chi connectivity index (χ4v) is 4.36. The second-order valence-corrected chi connectivity index (χ2v) is 9.22. The van der Waals surface area contributed by atoms with Gasteiger partial charge in [-0.1, -0.05) is 59.6 Å². The summed E-state index contributed by atoms with van der Waals surface area (Å²) in [6.45, 7) is 10.4. The molecule has 1 amide bonds. The molecule has 1 fully saturated rings. The average Bonchev–Trinajstić information content (AvgIpc) is 3.31. The van der Waals surface area contributed by atoms with Crippen molar-refractivity contribution >= 4 is 11.6 Å². The highest BCUT2D eigenvalue weighted by molar-refractivity contribution is 5.80. The topological polar surface area (TPSA) is 62.5 Å². The number of benzene rings is 2. The van der Waals surface area contributed by atoms with Crippen molar-refractivity contribution in [1.82, 2.24) is 15.0 Å². The summed E-state index contributed by atoms with van der Waals surface area (Å²) in [5, 5.41) is 4.15. The lowest BCUT2D eigenvalue weighted by molar-refractivity contribution is -0.139. The number of piperidine rings is 1. The van der Waals surface area contributed by atoms with Crippen molar-refractivity contribution in [2.45, 2.75) is 59.5 Å². The van der Waals surface area contributed by atoms with Gasteiger partial charge < -0.3 is 14.3 Å². The van der Waals surface area contributed by atoms with Crippen LogP contribution in [-0.2, 0) is 11.3 Å². The van der Waals surface area contributed by atoms with Crippen molar-refractivity contribution in [3.05, 3.63) is 65.5 Å². The van der Waals surface area contributed by atoms with Gasteiger partial charge in [-0.25, -0.2) is 0 Å². The van der Waals surface area contributed by atoms with E-state index in [1.165, 1.54) is 16.8 Å². The van der Waals surface area contributed by atoms with E-state index in [1.54, 1.807) is 0 Å². The number of carbonyl (C=O) groups excluding carboxylic acids is 1. The average molecular weight is 447 g/mol. The van der Waals surface area contributed by atoms with Crippen LogP contribution in [0.25, 0.3) is 11.4 Å². The molecule has 1 aromatic heterocycles. The van der Waals surface area contributed by atoms with E-state index in [4.69, 9.17) is 4.52 Å². The van der Waals surface area contributed by atoms with Crippen LogP contribution in [-0.4, -0.2) is 40.1 Å². The monoisotopic (exact) mass is 446 g/mol. The Balaban J connectivity index is 1.48. The van der Waals surface area contributed by atoms with Crippen LogP contribution in [0.2, 0.25) is 0 Å². The van der Waals surface area contributed by atoms with Gasteiger partial charge in [0.2, 0.25) is 17.6 Å². The molecule has 1 aliphatic heterocycles.